The van der Waals surface area contributed by atoms with Crippen LogP contribution >= 0.6 is 0 Å². The van der Waals surface area contributed by atoms with Gasteiger partial charge in [-0.1, -0.05) is 0 Å². The number of amides is 1. The van der Waals surface area contributed by atoms with E-state index in [0.717, 1.165) is 0 Å². The van der Waals surface area contributed by atoms with E-state index in [0.29, 0.717) is 18.7 Å². The van der Waals surface area contributed by atoms with Crippen molar-refractivity contribution in [1.29, 1.82) is 0 Å². The number of hydrogen-bond donors (Lipinski definition) is 2. The molecule has 0 bridgehead atoms. The number of nitrogen functional groups attached to an aromatic ring is 1. The van der Waals surface area contributed by atoms with Crippen molar-refractivity contribution < 1.29 is 9.00 Å². The molecule has 7 heteroatoms. The Morgan fingerprint density at radius 3 is 2.94 bits per heavy atom. The first-order valence-corrected chi connectivity index (χ1v) is 6.48. The van der Waals surface area contributed by atoms with Gasteiger partial charge in [0.25, 0.3) is 5.91 Å². The molecule has 1 aromatic heterocycles. The van der Waals surface area contributed by atoms with Crippen LogP contribution < -0.4 is 11.1 Å². The number of anilines is 1. The van der Waals surface area contributed by atoms with Crippen LogP contribution in [0.2, 0.25) is 0 Å². The molecule has 1 amide bonds. The van der Waals surface area contributed by atoms with E-state index in [2.05, 4.69) is 15.3 Å². The summed E-state index contributed by atoms with van der Waals surface area (Å²) in [6, 6.07) is 0. The fourth-order valence-electron chi connectivity index (χ4n) is 1.06. The van der Waals surface area contributed by atoms with Gasteiger partial charge in [-0.25, -0.2) is 4.98 Å². The first-order valence-electron chi connectivity index (χ1n) is 4.75. The third-order valence-electron chi connectivity index (χ3n) is 1.78. The molecule has 0 fully saturated rings. The van der Waals surface area contributed by atoms with E-state index >= 15 is 0 Å². The number of carbonyl (C=O) groups is 1. The molecule has 6 nitrogen and oxygen atoms in total. The van der Waals surface area contributed by atoms with Crippen molar-refractivity contribution in [2.75, 3.05) is 24.3 Å². The van der Waals surface area contributed by atoms with Crippen LogP contribution in [0.25, 0.3) is 0 Å². The molecule has 0 aliphatic heterocycles. The largest absolute Gasteiger partial charge is 0.382 e. The summed E-state index contributed by atoms with van der Waals surface area (Å²) >= 11 is 0. The van der Waals surface area contributed by atoms with Crippen LogP contribution in [0.4, 0.5) is 5.82 Å². The summed E-state index contributed by atoms with van der Waals surface area (Å²) in [5.74, 6) is 0.465. The molecule has 1 unspecified atom stereocenters. The molecule has 0 aromatic carbocycles. The minimum Gasteiger partial charge on any atom is -0.382 e. The Morgan fingerprint density at radius 2 is 2.31 bits per heavy atom. The molecule has 0 saturated carbocycles. The van der Waals surface area contributed by atoms with Gasteiger partial charge in [-0.2, -0.15) is 0 Å². The molecular weight excluding hydrogens is 228 g/mol. The number of carbonyl (C=O) groups excluding carboxylic acids is 1. The van der Waals surface area contributed by atoms with E-state index in [1.807, 2.05) is 0 Å². The quantitative estimate of drug-likeness (QED) is 0.682. The van der Waals surface area contributed by atoms with Gasteiger partial charge < -0.3 is 11.1 Å². The second-order valence-corrected chi connectivity index (χ2v) is 4.77. The second-order valence-electron chi connectivity index (χ2n) is 3.22. The average Bonchev–Trinajstić information content (AvgIpc) is 2.24. The summed E-state index contributed by atoms with van der Waals surface area (Å²) < 4.78 is 10.8. The van der Waals surface area contributed by atoms with Crippen LogP contribution in [0, 0.1) is 0 Å². The maximum atomic E-state index is 11.5. The highest BCUT2D eigenvalue weighted by atomic mass is 32.2. The minimum absolute atomic E-state index is 0.192. The smallest absolute Gasteiger partial charge is 0.271 e. The zero-order chi connectivity index (χ0) is 12.0. The Hall–Kier alpha value is -1.50. The van der Waals surface area contributed by atoms with E-state index < -0.39 is 10.8 Å². The molecule has 16 heavy (non-hydrogen) atoms. The molecule has 0 spiro atoms. The van der Waals surface area contributed by atoms with Crippen molar-refractivity contribution in [2.24, 2.45) is 0 Å². The topological polar surface area (TPSA) is 98.0 Å². The van der Waals surface area contributed by atoms with Crippen LogP contribution in [-0.2, 0) is 10.8 Å². The molecule has 0 aliphatic carbocycles. The first kappa shape index (κ1) is 12.6. The van der Waals surface area contributed by atoms with Gasteiger partial charge in [0, 0.05) is 29.4 Å². The maximum absolute atomic E-state index is 11.5. The lowest BCUT2D eigenvalue weighted by Gasteiger charge is -2.03. The zero-order valence-electron chi connectivity index (χ0n) is 8.97. The van der Waals surface area contributed by atoms with Crippen LogP contribution in [0.5, 0.6) is 0 Å². The summed E-state index contributed by atoms with van der Waals surface area (Å²) in [5, 5.41) is 2.65. The molecule has 1 rings (SSSR count). The second kappa shape index (κ2) is 6.16. The molecule has 0 radical (unpaired) electrons. The molecule has 0 aliphatic rings. The first-order chi connectivity index (χ1) is 7.59. The normalized spacial score (nSPS) is 12.1. The Morgan fingerprint density at radius 1 is 1.56 bits per heavy atom. The molecule has 1 aromatic rings. The molecule has 3 N–H and O–H groups in total. The third-order valence-corrected chi connectivity index (χ3v) is 2.64. The van der Waals surface area contributed by atoms with E-state index in [-0.39, 0.29) is 17.4 Å². The summed E-state index contributed by atoms with van der Waals surface area (Å²) in [6.07, 6.45) is 5.02. The lowest BCUT2D eigenvalue weighted by Crippen LogP contribution is -2.26. The standard InChI is InChI=1S/C9H14N4O2S/c1-16(15)4-2-3-12-9(14)7-5-11-6-8(10)13-7/h5-6H,2-4H2,1H3,(H2,10,13)(H,12,14). The zero-order valence-corrected chi connectivity index (χ0v) is 9.79. The van der Waals surface area contributed by atoms with E-state index in [1.54, 1.807) is 6.26 Å². The van der Waals surface area contributed by atoms with Crippen molar-refractivity contribution >= 4 is 22.5 Å². The molecule has 1 atom stereocenters. The Balaban J connectivity index is 2.38. The summed E-state index contributed by atoms with van der Waals surface area (Å²) in [5.41, 5.74) is 5.59. The highest BCUT2D eigenvalue weighted by Crippen LogP contribution is 1.96. The number of hydrogen-bond acceptors (Lipinski definition) is 5. The van der Waals surface area contributed by atoms with Crippen molar-refractivity contribution in [3.05, 3.63) is 18.1 Å². The average molecular weight is 242 g/mol. The fourth-order valence-corrected chi connectivity index (χ4v) is 1.61. The van der Waals surface area contributed by atoms with Gasteiger partial charge in [-0.15, -0.1) is 0 Å². The number of nitrogens with one attached hydrogen (secondary N) is 1. The Labute approximate surface area is 96.1 Å². The van der Waals surface area contributed by atoms with Crippen LogP contribution in [0.15, 0.2) is 12.4 Å². The number of nitrogens with two attached hydrogens (primary N) is 1. The highest BCUT2D eigenvalue weighted by Gasteiger charge is 2.06. The predicted molar refractivity (Wildman–Crippen MR) is 62.3 cm³/mol. The summed E-state index contributed by atoms with van der Waals surface area (Å²) in [6.45, 7) is 0.467. The van der Waals surface area contributed by atoms with Gasteiger partial charge in [0.05, 0.1) is 12.4 Å². The van der Waals surface area contributed by atoms with Crippen molar-refractivity contribution in [3.63, 3.8) is 0 Å². The van der Waals surface area contributed by atoms with Gasteiger partial charge in [-0.05, 0) is 6.42 Å². The van der Waals surface area contributed by atoms with Gasteiger partial charge >= 0.3 is 0 Å². The molecular formula is C9H14N4O2S. The van der Waals surface area contributed by atoms with E-state index in [4.69, 9.17) is 5.73 Å². The van der Waals surface area contributed by atoms with Crippen LogP contribution in [-0.4, -0.2) is 38.6 Å². The lowest BCUT2D eigenvalue weighted by molar-refractivity contribution is 0.0948. The van der Waals surface area contributed by atoms with Gasteiger partial charge in [-0.3, -0.25) is 14.0 Å². The van der Waals surface area contributed by atoms with Gasteiger partial charge in [0.2, 0.25) is 0 Å². The van der Waals surface area contributed by atoms with Crippen molar-refractivity contribution in [3.8, 4) is 0 Å². The number of nitrogens with zero attached hydrogens (tertiary/aromatic N) is 2. The van der Waals surface area contributed by atoms with E-state index in [1.165, 1.54) is 12.4 Å². The maximum Gasteiger partial charge on any atom is 0.271 e. The van der Waals surface area contributed by atoms with Crippen molar-refractivity contribution in [1.82, 2.24) is 15.3 Å². The predicted octanol–water partition coefficient (Wildman–Crippen LogP) is -0.443. The van der Waals surface area contributed by atoms with Crippen molar-refractivity contribution in [2.45, 2.75) is 6.42 Å². The van der Waals surface area contributed by atoms with Gasteiger partial charge in [0.1, 0.15) is 11.5 Å². The van der Waals surface area contributed by atoms with Gasteiger partial charge in [0.15, 0.2) is 0 Å². The van der Waals surface area contributed by atoms with E-state index in [9.17, 15) is 9.00 Å². The fraction of sp³-hybridized carbons (Fsp3) is 0.444. The molecule has 88 valence electrons. The summed E-state index contributed by atoms with van der Waals surface area (Å²) in [7, 11) is -0.828. The highest BCUT2D eigenvalue weighted by molar-refractivity contribution is 7.84. The lowest BCUT2D eigenvalue weighted by atomic mass is 10.4. The van der Waals surface area contributed by atoms with Crippen LogP contribution in [0.1, 0.15) is 16.9 Å². The minimum atomic E-state index is -0.828. The number of rotatable bonds is 5. The Kier molecular flexibility index (Phi) is 4.84. The monoisotopic (exact) mass is 242 g/mol. The third kappa shape index (κ3) is 4.35. The molecule has 1 heterocycles. The number of aromatic nitrogens is 2. The molecule has 0 saturated heterocycles. The summed E-state index contributed by atoms with van der Waals surface area (Å²) in [4.78, 5) is 19.1. The Bertz CT molecular complexity index is 397. The SMILES string of the molecule is CS(=O)CCCNC(=O)c1cncc(N)n1. The van der Waals surface area contributed by atoms with Crippen LogP contribution in [0.3, 0.4) is 0 Å².